The molecule has 0 bridgehead atoms. The van der Waals surface area contributed by atoms with Gasteiger partial charge in [0.15, 0.2) is 0 Å². The van der Waals surface area contributed by atoms with E-state index in [-0.39, 0.29) is 36.8 Å². The van der Waals surface area contributed by atoms with Gasteiger partial charge in [-0.3, -0.25) is 4.90 Å². The Morgan fingerprint density at radius 1 is 1.08 bits per heavy atom. The molecule has 1 aliphatic heterocycles. The van der Waals surface area contributed by atoms with E-state index in [1.54, 1.807) is 4.90 Å². The first-order chi connectivity index (χ1) is 12.3. The lowest BCUT2D eigenvalue weighted by molar-refractivity contribution is 0.114. The summed E-state index contributed by atoms with van der Waals surface area (Å²) in [5.74, 6) is 0.0454. The van der Waals surface area contributed by atoms with E-state index >= 15 is 0 Å². The van der Waals surface area contributed by atoms with Crippen molar-refractivity contribution in [3.05, 3.63) is 83.9 Å². The number of hydrogen-bond donors (Lipinski definition) is 1. The SMILES string of the molecule is O=C1O[C@H]2[C@H](c3ccccc3)C=CC[C@@H]2N1[C@H](CO)c1ccccc1. The smallest absolute Gasteiger partial charge is 0.411 e. The first-order valence-corrected chi connectivity index (χ1v) is 8.66. The van der Waals surface area contributed by atoms with Crippen molar-refractivity contribution in [3.63, 3.8) is 0 Å². The summed E-state index contributed by atoms with van der Waals surface area (Å²) >= 11 is 0. The minimum absolute atomic E-state index is 0.0454. The maximum Gasteiger partial charge on any atom is 0.411 e. The summed E-state index contributed by atoms with van der Waals surface area (Å²) in [7, 11) is 0. The predicted octanol–water partition coefficient (Wildman–Crippen LogP) is 3.65. The molecule has 4 nitrogen and oxygen atoms in total. The van der Waals surface area contributed by atoms with Gasteiger partial charge < -0.3 is 9.84 Å². The third-order valence-electron chi connectivity index (χ3n) is 5.14. The number of ether oxygens (including phenoxy) is 1. The number of benzene rings is 2. The van der Waals surface area contributed by atoms with Crippen LogP contribution in [0.25, 0.3) is 0 Å². The number of aliphatic hydroxyl groups excluding tert-OH is 1. The largest absolute Gasteiger partial charge is 0.443 e. The van der Waals surface area contributed by atoms with Crippen LogP contribution in [-0.2, 0) is 4.74 Å². The first kappa shape index (κ1) is 15.9. The lowest BCUT2D eigenvalue weighted by atomic mass is 9.83. The fourth-order valence-electron chi connectivity index (χ4n) is 3.95. The Hall–Kier alpha value is -2.59. The molecular formula is C21H21NO3. The van der Waals surface area contributed by atoms with Gasteiger partial charge in [-0.2, -0.15) is 0 Å². The molecule has 25 heavy (non-hydrogen) atoms. The Balaban J connectivity index is 1.66. The summed E-state index contributed by atoms with van der Waals surface area (Å²) in [6.07, 6.45) is 4.42. The maximum atomic E-state index is 12.7. The summed E-state index contributed by atoms with van der Waals surface area (Å²) in [5.41, 5.74) is 2.07. The van der Waals surface area contributed by atoms with Crippen molar-refractivity contribution < 1.29 is 14.6 Å². The van der Waals surface area contributed by atoms with E-state index in [1.807, 2.05) is 48.5 Å². The van der Waals surface area contributed by atoms with Gasteiger partial charge >= 0.3 is 6.09 Å². The van der Waals surface area contributed by atoms with Crippen molar-refractivity contribution in [3.8, 4) is 0 Å². The van der Waals surface area contributed by atoms with Gasteiger partial charge in [0.2, 0.25) is 0 Å². The first-order valence-electron chi connectivity index (χ1n) is 8.66. The van der Waals surface area contributed by atoms with Crippen LogP contribution in [0.2, 0.25) is 0 Å². The van der Waals surface area contributed by atoms with E-state index in [1.165, 1.54) is 0 Å². The summed E-state index contributed by atoms with van der Waals surface area (Å²) < 4.78 is 5.77. The molecule has 1 aliphatic carbocycles. The summed E-state index contributed by atoms with van der Waals surface area (Å²) in [6.45, 7) is -0.123. The number of nitrogens with zero attached hydrogens (tertiary/aromatic N) is 1. The molecule has 0 aromatic heterocycles. The van der Waals surface area contributed by atoms with Gasteiger partial charge in [0, 0.05) is 5.92 Å². The number of aliphatic hydroxyl groups is 1. The minimum atomic E-state index is -0.383. The normalized spacial score (nSPS) is 26.2. The van der Waals surface area contributed by atoms with Gasteiger partial charge in [-0.1, -0.05) is 72.8 Å². The number of rotatable bonds is 4. The molecule has 2 aromatic carbocycles. The Bertz CT molecular complexity index is 759. The number of carbonyl (C=O) groups is 1. The summed E-state index contributed by atoms with van der Waals surface area (Å²) in [6, 6.07) is 19.3. The van der Waals surface area contributed by atoms with Gasteiger partial charge in [0.1, 0.15) is 6.10 Å². The molecule has 0 unspecified atom stereocenters. The highest BCUT2D eigenvalue weighted by Crippen LogP contribution is 2.41. The molecular weight excluding hydrogens is 314 g/mol. The van der Waals surface area contributed by atoms with Gasteiger partial charge in [-0.05, 0) is 17.5 Å². The zero-order valence-corrected chi connectivity index (χ0v) is 13.9. The molecule has 0 spiro atoms. The highest BCUT2D eigenvalue weighted by molar-refractivity contribution is 5.72. The predicted molar refractivity (Wildman–Crippen MR) is 95.1 cm³/mol. The van der Waals surface area contributed by atoms with Gasteiger partial charge in [-0.25, -0.2) is 4.79 Å². The molecule has 1 N–H and O–H groups in total. The van der Waals surface area contributed by atoms with Crippen LogP contribution >= 0.6 is 0 Å². The Kier molecular flexibility index (Phi) is 4.28. The number of hydrogen-bond acceptors (Lipinski definition) is 3. The maximum absolute atomic E-state index is 12.7. The standard InChI is InChI=1S/C21H21NO3/c23-14-19(16-10-5-2-6-11-16)22-18-13-7-12-17(20(18)25-21(22)24)15-8-3-1-4-9-15/h1-12,17-20,23H,13-14H2/t17-,18-,19+,20-/m0/s1. The van der Waals surface area contributed by atoms with Gasteiger partial charge in [0.05, 0.1) is 18.7 Å². The monoisotopic (exact) mass is 335 g/mol. The molecule has 0 radical (unpaired) electrons. The van der Waals surface area contributed by atoms with Crippen LogP contribution in [0.5, 0.6) is 0 Å². The minimum Gasteiger partial charge on any atom is -0.443 e. The second kappa shape index (κ2) is 6.73. The van der Waals surface area contributed by atoms with Crippen LogP contribution in [0.4, 0.5) is 4.79 Å². The second-order valence-corrected chi connectivity index (χ2v) is 6.53. The number of carbonyl (C=O) groups excluding carboxylic acids is 1. The average molecular weight is 335 g/mol. The molecule has 1 saturated heterocycles. The zero-order chi connectivity index (χ0) is 17.2. The van der Waals surface area contributed by atoms with Gasteiger partial charge in [-0.15, -0.1) is 0 Å². The highest BCUT2D eigenvalue weighted by Gasteiger charge is 2.49. The van der Waals surface area contributed by atoms with Crippen LogP contribution in [-0.4, -0.2) is 34.9 Å². The van der Waals surface area contributed by atoms with E-state index < -0.39 is 0 Å². The Morgan fingerprint density at radius 2 is 1.76 bits per heavy atom. The third-order valence-corrected chi connectivity index (χ3v) is 5.14. The molecule has 4 heteroatoms. The van der Waals surface area contributed by atoms with Crippen molar-refractivity contribution in [1.82, 2.24) is 4.90 Å². The number of amides is 1. The van der Waals surface area contributed by atoms with Crippen LogP contribution in [0, 0.1) is 0 Å². The highest BCUT2D eigenvalue weighted by atomic mass is 16.6. The van der Waals surface area contributed by atoms with E-state index in [4.69, 9.17) is 4.74 Å². The molecule has 4 atom stereocenters. The molecule has 128 valence electrons. The second-order valence-electron chi connectivity index (χ2n) is 6.53. The fraction of sp³-hybridized carbons (Fsp3) is 0.286. The zero-order valence-electron chi connectivity index (χ0n) is 13.9. The van der Waals surface area contributed by atoms with Gasteiger partial charge in [0.25, 0.3) is 0 Å². The fourth-order valence-corrected chi connectivity index (χ4v) is 3.95. The quantitative estimate of drug-likeness (QED) is 0.868. The lowest BCUT2D eigenvalue weighted by Gasteiger charge is -2.34. The van der Waals surface area contributed by atoms with Crippen molar-refractivity contribution in [1.29, 1.82) is 0 Å². The molecule has 2 aliphatic rings. The molecule has 1 heterocycles. The van der Waals surface area contributed by atoms with Crippen molar-refractivity contribution in [2.45, 2.75) is 30.5 Å². The summed E-state index contributed by atoms with van der Waals surface area (Å²) in [5, 5.41) is 9.96. The average Bonchev–Trinajstić information content (AvgIpc) is 3.00. The van der Waals surface area contributed by atoms with Crippen LogP contribution in [0.1, 0.15) is 29.5 Å². The van der Waals surface area contributed by atoms with Crippen molar-refractivity contribution in [2.75, 3.05) is 6.61 Å². The molecule has 4 rings (SSSR count). The van der Waals surface area contributed by atoms with E-state index in [9.17, 15) is 9.90 Å². The summed E-state index contributed by atoms with van der Waals surface area (Å²) in [4.78, 5) is 14.4. The van der Waals surface area contributed by atoms with Crippen LogP contribution in [0.3, 0.4) is 0 Å². The van der Waals surface area contributed by atoms with Crippen molar-refractivity contribution >= 4 is 6.09 Å². The Labute approximate surface area is 147 Å². The number of fused-ring (bicyclic) bond motifs is 1. The van der Waals surface area contributed by atoms with Crippen LogP contribution in [0.15, 0.2) is 72.8 Å². The molecule has 0 saturated carbocycles. The van der Waals surface area contributed by atoms with Crippen LogP contribution < -0.4 is 0 Å². The lowest BCUT2D eigenvalue weighted by Crippen LogP contribution is -2.43. The molecule has 1 amide bonds. The third kappa shape index (κ3) is 2.83. The Morgan fingerprint density at radius 3 is 2.44 bits per heavy atom. The van der Waals surface area contributed by atoms with E-state index in [2.05, 4.69) is 24.3 Å². The molecule has 1 fully saturated rings. The topological polar surface area (TPSA) is 49.8 Å². The van der Waals surface area contributed by atoms with Crippen molar-refractivity contribution in [2.24, 2.45) is 0 Å². The molecule has 2 aromatic rings. The van der Waals surface area contributed by atoms with E-state index in [0.29, 0.717) is 0 Å². The van der Waals surface area contributed by atoms with E-state index in [0.717, 1.165) is 17.5 Å².